The Bertz CT molecular complexity index is 610. The van der Waals surface area contributed by atoms with Gasteiger partial charge in [-0.15, -0.1) is 0 Å². The lowest BCUT2D eigenvalue weighted by molar-refractivity contribution is 0.154. The zero-order chi connectivity index (χ0) is 12.7. The van der Waals surface area contributed by atoms with Crippen LogP contribution >= 0.6 is 15.9 Å². The molecular weight excluding hydrogens is 298 g/mol. The lowest BCUT2D eigenvalue weighted by atomic mass is 10.2. The van der Waals surface area contributed by atoms with E-state index >= 15 is 0 Å². The lowest BCUT2D eigenvalue weighted by Gasteiger charge is -2.14. The highest BCUT2D eigenvalue weighted by Gasteiger charge is 2.27. The molecule has 3 rings (SSSR count). The number of hydrogen-bond acceptors (Lipinski definition) is 2. The van der Waals surface area contributed by atoms with Crippen molar-refractivity contribution in [3.05, 3.63) is 29.0 Å². The summed E-state index contributed by atoms with van der Waals surface area (Å²) in [4.78, 5) is 16.8. The minimum absolute atomic E-state index is 0.181. The maximum atomic E-state index is 10.9. The Balaban J connectivity index is 1.95. The molecule has 1 N–H and O–H groups in total. The van der Waals surface area contributed by atoms with Crippen molar-refractivity contribution in [2.75, 3.05) is 13.1 Å². The second-order valence-corrected chi connectivity index (χ2v) is 5.25. The molecule has 0 unspecified atom stereocenters. The number of amides is 1. The van der Waals surface area contributed by atoms with Crippen LogP contribution < -0.4 is 0 Å². The Morgan fingerprint density at radius 1 is 1.44 bits per heavy atom. The van der Waals surface area contributed by atoms with Crippen LogP contribution in [-0.4, -0.2) is 38.7 Å². The predicted molar refractivity (Wildman–Crippen MR) is 70.7 cm³/mol. The van der Waals surface area contributed by atoms with E-state index < -0.39 is 6.09 Å². The summed E-state index contributed by atoms with van der Waals surface area (Å²) in [6, 6.07) is 6.11. The lowest BCUT2D eigenvalue weighted by Crippen LogP contribution is -2.27. The fourth-order valence-corrected chi connectivity index (χ4v) is 2.74. The minimum Gasteiger partial charge on any atom is -0.465 e. The molecule has 6 heteroatoms. The van der Waals surface area contributed by atoms with Gasteiger partial charge in [0.2, 0.25) is 0 Å². The molecule has 2 aromatic rings. The number of halogens is 1. The molecule has 0 saturated carbocycles. The van der Waals surface area contributed by atoms with E-state index in [-0.39, 0.29) is 6.04 Å². The molecule has 18 heavy (non-hydrogen) atoms. The smallest absolute Gasteiger partial charge is 0.407 e. The van der Waals surface area contributed by atoms with Crippen LogP contribution in [-0.2, 0) is 0 Å². The molecule has 1 aliphatic rings. The number of carbonyl (C=O) groups is 1. The number of aromatic nitrogens is 2. The molecule has 0 aliphatic carbocycles. The number of carboxylic acid groups (broad SMARTS) is 1. The second kappa shape index (κ2) is 4.28. The minimum atomic E-state index is -0.844. The highest BCUT2D eigenvalue weighted by molar-refractivity contribution is 9.10. The third kappa shape index (κ3) is 1.86. The number of pyridine rings is 1. The van der Waals surface area contributed by atoms with Crippen molar-refractivity contribution in [3.8, 4) is 0 Å². The summed E-state index contributed by atoms with van der Waals surface area (Å²) in [5, 5.41) is 10.1. The summed E-state index contributed by atoms with van der Waals surface area (Å²) >= 11 is 3.37. The van der Waals surface area contributed by atoms with Crippen molar-refractivity contribution < 1.29 is 9.90 Å². The Labute approximate surface area is 112 Å². The molecule has 1 aliphatic heterocycles. The van der Waals surface area contributed by atoms with Crippen molar-refractivity contribution in [3.63, 3.8) is 0 Å². The highest BCUT2D eigenvalue weighted by Crippen LogP contribution is 2.27. The fourth-order valence-electron chi connectivity index (χ4n) is 2.44. The summed E-state index contributed by atoms with van der Waals surface area (Å²) in [6.07, 6.45) is 1.98. The average Bonchev–Trinajstić information content (AvgIpc) is 2.93. The van der Waals surface area contributed by atoms with Crippen LogP contribution in [0.4, 0.5) is 4.79 Å². The van der Waals surface area contributed by atoms with Gasteiger partial charge in [-0.3, -0.25) is 0 Å². The topological polar surface area (TPSA) is 58.4 Å². The molecule has 1 amide bonds. The first-order valence-electron chi connectivity index (χ1n) is 5.76. The number of likely N-dealkylation sites (tertiary alicyclic amines) is 1. The maximum absolute atomic E-state index is 10.9. The molecule has 0 radical (unpaired) electrons. The van der Waals surface area contributed by atoms with Gasteiger partial charge in [0.1, 0.15) is 10.3 Å². The van der Waals surface area contributed by atoms with Gasteiger partial charge in [-0.25, -0.2) is 9.78 Å². The Hall–Kier alpha value is -1.56. The van der Waals surface area contributed by atoms with E-state index in [9.17, 15) is 4.79 Å². The van der Waals surface area contributed by atoms with Gasteiger partial charge in [0.15, 0.2) is 0 Å². The number of rotatable bonds is 1. The Kier molecular flexibility index (Phi) is 2.74. The zero-order valence-corrected chi connectivity index (χ0v) is 11.2. The Morgan fingerprint density at radius 3 is 3.00 bits per heavy atom. The summed E-state index contributed by atoms with van der Waals surface area (Å²) in [5.41, 5.74) is 0.904. The van der Waals surface area contributed by atoms with E-state index in [4.69, 9.17) is 5.11 Å². The third-order valence-corrected chi connectivity index (χ3v) is 3.80. The van der Waals surface area contributed by atoms with Gasteiger partial charge >= 0.3 is 6.09 Å². The summed E-state index contributed by atoms with van der Waals surface area (Å²) in [5.74, 6) is 0. The monoisotopic (exact) mass is 309 g/mol. The molecule has 1 saturated heterocycles. The van der Waals surface area contributed by atoms with E-state index in [1.54, 1.807) is 0 Å². The number of nitrogens with zero attached hydrogens (tertiary/aromatic N) is 3. The van der Waals surface area contributed by atoms with Gasteiger partial charge in [0, 0.05) is 24.7 Å². The van der Waals surface area contributed by atoms with Crippen LogP contribution in [0.2, 0.25) is 0 Å². The molecule has 0 spiro atoms. The van der Waals surface area contributed by atoms with Gasteiger partial charge in [-0.05, 0) is 40.5 Å². The van der Waals surface area contributed by atoms with E-state index in [0.717, 1.165) is 22.1 Å². The normalized spacial score (nSPS) is 19.6. The molecular formula is C12H12BrN3O2. The third-order valence-electron chi connectivity index (χ3n) is 3.36. The molecule has 94 valence electrons. The quantitative estimate of drug-likeness (QED) is 0.824. The Morgan fingerprint density at radius 2 is 2.28 bits per heavy atom. The van der Waals surface area contributed by atoms with Crippen molar-refractivity contribution in [1.82, 2.24) is 14.5 Å². The van der Waals surface area contributed by atoms with Gasteiger partial charge in [-0.1, -0.05) is 0 Å². The van der Waals surface area contributed by atoms with Gasteiger partial charge in [0.05, 0.1) is 6.04 Å². The SMILES string of the molecule is O=C(O)N1CC[C@H](n2ccc3ccc(Br)nc32)C1. The summed E-state index contributed by atoms with van der Waals surface area (Å²) in [6.45, 7) is 1.13. The van der Waals surface area contributed by atoms with Crippen molar-refractivity contribution in [2.45, 2.75) is 12.5 Å². The molecule has 5 nitrogen and oxygen atoms in total. The van der Waals surface area contributed by atoms with Crippen LogP contribution in [0, 0.1) is 0 Å². The fraction of sp³-hybridized carbons (Fsp3) is 0.333. The molecule has 1 atom stereocenters. The van der Waals surface area contributed by atoms with Gasteiger partial charge in [-0.2, -0.15) is 0 Å². The van der Waals surface area contributed by atoms with Crippen LogP contribution in [0.25, 0.3) is 11.0 Å². The predicted octanol–water partition coefficient (Wildman–Crippen LogP) is 2.72. The van der Waals surface area contributed by atoms with E-state index in [0.29, 0.717) is 13.1 Å². The molecule has 2 aromatic heterocycles. The van der Waals surface area contributed by atoms with E-state index in [1.165, 1.54) is 4.90 Å². The number of hydrogen-bond donors (Lipinski definition) is 1. The standard InChI is InChI=1S/C12H12BrN3O2/c13-10-2-1-8-3-6-16(11(8)14-10)9-4-5-15(7-9)12(17)18/h1-3,6,9H,4-5,7H2,(H,17,18)/t9-/m0/s1. The molecule has 1 fully saturated rings. The largest absolute Gasteiger partial charge is 0.465 e. The second-order valence-electron chi connectivity index (χ2n) is 4.44. The maximum Gasteiger partial charge on any atom is 0.407 e. The molecule has 3 heterocycles. The van der Waals surface area contributed by atoms with Crippen LogP contribution in [0.5, 0.6) is 0 Å². The van der Waals surface area contributed by atoms with Crippen molar-refractivity contribution in [1.29, 1.82) is 0 Å². The summed E-state index contributed by atoms with van der Waals surface area (Å²) in [7, 11) is 0. The van der Waals surface area contributed by atoms with Gasteiger partial charge < -0.3 is 14.6 Å². The van der Waals surface area contributed by atoms with Crippen LogP contribution in [0.1, 0.15) is 12.5 Å². The van der Waals surface area contributed by atoms with Crippen LogP contribution in [0.3, 0.4) is 0 Å². The first-order valence-corrected chi connectivity index (χ1v) is 6.55. The first-order chi connectivity index (χ1) is 8.65. The average molecular weight is 310 g/mol. The molecule has 0 aromatic carbocycles. The van der Waals surface area contributed by atoms with Gasteiger partial charge in [0.25, 0.3) is 0 Å². The highest BCUT2D eigenvalue weighted by atomic mass is 79.9. The first kappa shape index (κ1) is 11.5. The van der Waals surface area contributed by atoms with Crippen molar-refractivity contribution >= 4 is 33.1 Å². The van der Waals surface area contributed by atoms with Crippen LogP contribution in [0.15, 0.2) is 29.0 Å². The number of fused-ring (bicyclic) bond motifs is 1. The van der Waals surface area contributed by atoms with Crippen molar-refractivity contribution in [2.24, 2.45) is 0 Å². The summed E-state index contributed by atoms with van der Waals surface area (Å²) < 4.78 is 2.87. The molecule has 0 bridgehead atoms. The van der Waals surface area contributed by atoms with E-state index in [1.807, 2.05) is 24.4 Å². The van der Waals surface area contributed by atoms with E-state index in [2.05, 4.69) is 25.5 Å². The zero-order valence-electron chi connectivity index (χ0n) is 9.58.